The van der Waals surface area contributed by atoms with Crippen molar-refractivity contribution in [3.05, 3.63) is 28.8 Å². The van der Waals surface area contributed by atoms with Crippen LogP contribution in [-0.4, -0.2) is 32.1 Å². The van der Waals surface area contributed by atoms with Crippen molar-refractivity contribution in [2.75, 3.05) is 31.1 Å². The lowest BCUT2D eigenvalue weighted by Crippen LogP contribution is -2.34. The summed E-state index contributed by atoms with van der Waals surface area (Å²) in [6.07, 6.45) is 0.940. The molecule has 0 aromatic heterocycles. The number of carbonyl (C=O) groups excluding carboxylic acids is 1. The second-order valence-corrected chi connectivity index (χ2v) is 6.30. The third kappa shape index (κ3) is 4.61. The second kappa shape index (κ2) is 7.66. The number of carbonyl (C=O) groups is 1. The Morgan fingerprint density at radius 3 is 3.00 bits per heavy atom. The molecule has 0 spiro atoms. The molecule has 1 aromatic carbocycles. The molecule has 21 heavy (non-hydrogen) atoms. The summed E-state index contributed by atoms with van der Waals surface area (Å²) in [5.41, 5.74) is 2.14. The fraction of sp³-hybridized carbons (Fsp3) is 0.562. The van der Waals surface area contributed by atoms with Gasteiger partial charge in [-0.1, -0.05) is 37.6 Å². The van der Waals surface area contributed by atoms with Crippen molar-refractivity contribution in [2.45, 2.75) is 26.8 Å². The molecule has 1 fully saturated rings. The van der Waals surface area contributed by atoms with Crippen molar-refractivity contribution < 1.29 is 4.79 Å². The smallest absolute Gasteiger partial charge is 0.239 e. The van der Waals surface area contributed by atoms with Crippen molar-refractivity contribution in [2.24, 2.45) is 5.92 Å². The minimum atomic E-state index is 0.0634. The molecule has 116 valence electrons. The highest BCUT2D eigenvalue weighted by atomic mass is 35.5. The van der Waals surface area contributed by atoms with Crippen LogP contribution in [0.4, 0.5) is 5.69 Å². The Morgan fingerprint density at radius 1 is 1.43 bits per heavy atom. The monoisotopic (exact) mass is 309 g/mol. The molecule has 1 aliphatic heterocycles. The second-order valence-electron chi connectivity index (χ2n) is 5.90. The maximum atomic E-state index is 11.8. The standard InChI is InChI=1S/C16H24ClN3O/c1-12(2)9-18-10-13-5-3-6-14(17)16(13)20-8-4-7-19-15(21)11-20/h3,5-6,12,18H,4,7-11H2,1-2H3,(H,19,21). The number of nitrogens with zero attached hydrogens (tertiary/aromatic N) is 1. The van der Waals surface area contributed by atoms with Crippen LogP contribution in [0.3, 0.4) is 0 Å². The molecule has 5 heteroatoms. The van der Waals surface area contributed by atoms with E-state index in [2.05, 4.69) is 35.4 Å². The van der Waals surface area contributed by atoms with Crippen LogP contribution in [0.1, 0.15) is 25.8 Å². The Bertz CT molecular complexity index is 490. The summed E-state index contributed by atoms with van der Waals surface area (Å²) in [6, 6.07) is 5.94. The van der Waals surface area contributed by atoms with Gasteiger partial charge in [0.05, 0.1) is 17.3 Å². The van der Waals surface area contributed by atoms with Crippen LogP contribution in [0.5, 0.6) is 0 Å². The summed E-state index contributed by atoms with van der Waals surface area (Å²) in [5, 5.41) is 7.07. The van der Waals surface area contributed by atoms with E-state index >= 15 is 0 Å². The van der Waals surface area contributed by atoms with Gasteiger partial charge in [-0.2, -0.15) is 0 Å². The normalized spacial score (nSPS) is 16.0. The number of hydrogen-bond acceptors (Lipinski definition) is 3. The van der Waals surface area contributed by atoms with Crippen LogP contribution in [0, 0.1) is 5.92 Å². The Labute approximate surface area is 131 Å². The maximum absolute atomic E-state index is 11.8. The highest BCUT2D eigenvalue weighted by Gasteiger charge is 2.19. The number of benzene rings is 1. The number of hydrogen-bond donors (Lipinski definition) is 2. The number of nitrogens with one attached hydrogen (secondary N) is 2. The molecule has 0 radical (unpaired) electrons. The van der Waals surface area contributed by atoms with Crippen molar-refractivity contribution >= 4 is 23.2 Å². The summed E-state index contributed by atoms with van der Waals surface area (Å²) in [6.45, 7) is 8.07. The van der Waals surface area contributed by atoms with Crippen LogP contribution in [0.15, 0.2) is 18.2 Å². The summed E-state index contributed by atoms with van der Waals surface area (Å²) in [4.78, 5) is 13.9. The number of halogens is 1. The average molecular weight is 310 g/mol. The molecule has 1 aromatic rings. The largest absolute Gasteiger partial charge is 0.361 e. The van der Waals surface area contributed by atoms with Crippen molar-refractivity contribution in [1.82, 2.24) is 10.6 Å². The highest BCUT2D eigenvalue weighted by molar-refractivity contribution is 6.33. The molecule has 1 amide bonds. The van der Waals surface area contributed by atoms with Crippen LogP contribution < -0.4 is 15.5 Å². The van der Waals surface area contributed by atoms with E-state index in [0.717, 1.165) is 43.9 Å². The lowest BCUT2D eigenvalue weighted by Gasteiger charge is -2.26. The lowest BCUT2D eigenvalue weighted by molar-refractivity contribution is -0.119. The van der Waals surface area contributed by atoms with Gasteiger partial charge in [-0.05, 0) is 30.5 Å². The van der Waals surface area contributed by atoms with Gasteiger partial charge < -0.3 is 15.5 Å². The van der Waals surface area contributed by atoms with E-state index in [1.807, 2.05) is 12.1 Å². The number of para-hydroxylation sites is 1. The molecule has 4 nitrogen and oxygen atoms in total. The average Bonchev–Trinajstić information content (AvgIpc) is 2.63. The summed E-state index contributed by atoms with van der Waals surface area (Å²) in [5.74, 6) is 0.671. The third-order valence-corrected chi connectivity index (χ3v) is 3.82. The molecule has 0 bridgehead atoms. The van der Waals surface area contributed by atoms with Crippen molar-refractivity contribution in [3.63, 3.8) is 0 Å². The lowest BCUT2D eigenvalue weighted by atomic mass is 10.1. The molecular weight excluding hydrogens is 286 g/mol. The predicted octanol–water partition coefficient (Wildman–Crippen LogP) is 2.41. The first-order valence-electron chi connectivity index (χ1n) is 7.57. The van der Waals surface area contributed by atoms with E-state index < -0.39 is 0 Å². The first kappa shape index (κ1) is 16.1. The molecular formula is C16H24ClN3O. The van der Waals surface area contributed by atoms with Gasteiger partial charge in [0.15, 0.2) is 0 Å². The Balaban J connectivity index is 2.17. The highest BCUT2D eigenvalue weighted by Crippen LogP contribution is 2.30. The number of anilines is 1. The molecule has 2 N–H and O–H groups in total. The van der Waals surface area contributed by atoms with Gasteiger partial charge in [0.2, 0.25) is 5.91 Å². The summed E-state index contributed by atoms with van der Waals surface area (Å²) < 4.78 is 0. The van der Waals surface area contributed by atoms with E-state index in [1.54, 1.807) is 0 Å². The van der Waals surface area contributed by atoms with E-state index in [1.165, 1.54) is 0 Å². The van der Waals surface area contributed by atoms with E-state index in [4.69, 9.17) is 11.6 Å². The first-order chi connectivity index (χ1) is 10.1. The minimum absolute atomic E-state index is 0.0634. The third-order valence-electron chi connectivity index (χ3n) is 3.52. The summed E-state index contributed by atoms with van der Waals surface area (Å²) in [7, 11) is 0. The molecule has 0 saturated carbocycles. The Kier molecular flexibility index (Phi) is 5.88. The molecule has 1 heterocycles. The summed E-state index contributed by atoms with van der Waals surface area (Å²) >= 11 is 6.40. The quantitative estimate of drug-likeness (QED) is 0.878. The van der Waals surface area contributed by atoms with Gasteiger partial charge in [-0.3, -0.25) is 4.79 Å². The van der Waals surface area contributed by atoms with Crippen molar-refractivity contribution in [1.29, 1.82) is 0 Å². The van der Waals surface area contributed by atoms with Crippen LogP contribution in [-0.2, 0) is 11.3 Å². The molecule has 1 aliphatic rings. The molecule has 0 aliphatic carbocycles. The fourth-order valence-electron chi connectivity index (χ4n) is 2.55. The SMILES string of the molecule is CC(C)CNCc1cccc(Cl)c1N1CCCNC(=O)C1. The molecule has 1 saturated heterocycles. The van der Waals surface area contributed by atoms with Gasteiger partial charge in [-0.25, -0.2) is 0 Å². The maximum Gasteiger partial charge on any atom is 0.239 e. The van der Waals surface area contributed by atoms with Crippen LogP contribution >= 0.6 is 11.6 Å². The minimum Gasteiger partial charge on any atom is -0.361 e. The van der Waals surface area contributed by atoms with E-state index in [0.29, 0.717) is 17.5 Å². The van der Waals surface area contributed by atoms with Crippen molar-refractivity contribution in [3.8, 4) is 0 Å². The Hall–Kier alpha value is -1.26. The molecule has 0 unspecified atom stereocenters. The zero-order valence-corrected chi connectivity index (χ0v) is 13.5. The van der Waals surface area contributed by atoms with Gasteiger partial charge in [0.1, 0.15) is 0 Å². The van der Waals surface area contributed by atoms with Crippen LogP contribution in [0.25, 0.3) is 0 Å². The topological polar surface area (TPSA) is 44.4 Å². The number of amides is 1. The number of rotatable bonds is 5. The first-order valence-corrected chi connectivity index (χ1v) is 7.95. The Morgan fingerprint density at radius 2 is 2.24 bits per heavy atom. The van der Waals surface area contributed by atoms with Gasteiger partial charge in [-0.15, -0.1) is 0 Å². The fourth-order valence-corrected chi connectivity index (χ4v) is 2.86. The molecule has 0 atom stereocenters. The van der Waals surface area contributed by atoms with E-state index in [9.17, 15) is 4.79 Å². The molecule has 2 rings (SSSR count). The van der Waals surface area contributed by atoms with Gasteiger partial charge >= 0.3 is 0 Å². The zero-order valence-electron chi connectivity index (χ0n) is 12.8. The van der Waals surface area contributed by atoms with Gasteiger partial charge in [0, 0.05) is 19.6 Å². The van der Waals surface area contributed by atoms with E-state index in [-0.39, 0.29) is 5.91 Å². The zero-order chi connectivity index (χ0) is 15.2. The predicted molar refractivity (Wildman–Crippen MR) is 87.8 cm³/mol. The van der Waals surface area contributed by atoms with Gasteiger partial charge in [0.25, 0.3) is 0 Å². The van der Waals surface area contributed by atoms with Crippen LogP contribution in [0.2, 0.25) is 5.02 Å².